The molecule has 1 fully saturated rings. The van der Waals surface area contributed by atoms with Crippen molar-refractivity contribution in [2.24, 2.45) is 5.41 Å². The van der Waals surface area contributed by atoms with Gasteiger partial charge in [0.05, 0.1) is 5.60 Å². The van der Waals surface area contributed by atoms with Crippen LogP contribution in [0.4, 0.5) is 0 Å². The van der Waals surface area contributed by atoms with Crippen molar-refractivity contribution in [2.75, 3.05) is 6.54 Å². The molecule has 0 unspecified atom stereocenters. The molecule has 2 rings (SSSR count). The maximum atomic E-state index is 12.1. The zero-order chi connectivity index (χ0) is 15.7. The Morgan fingerprint density at radius 1 is 1.29 bits per heavy atom. The van der Waals surface area contributed by atoms with Crippen LogP contribution in [0.5, 0.6) is 0 Å². The van der Waals surface area contributed by atoms with Crippen LogP contribution in [0, 0.1) is 5.41 Å². The highest BCUT2D eigenvalue weighted by Gasteiger charge is 2.37. The predicted molar refractivity (Wildman–Crippen MR) is 79.5 cm³/mol. The van der Waals surface area contributed by atoms with Crippen LogP contribution in [-0.2, 0) is 10.0 Å². The fourth-order valence-corrected chi connectivity index (χ4v) is 3.66. The molecule has 1 heterocycles. The first-order chi connectivity index (χ1) is 9.64. The molecule has 0 amide bonds. The molecule has 1 aromatic heterocycles. The predicted octanol–water partition coefficient (Wildman–Crippen LogP) is 0.985. The Kier molecular flexibility index (Phi) is 4.28. The lowest BCUT2D eigenvalue weighted by molar-refractivity contribution is -0.0205. The minimum absolute atomic E-state index is 0.0697. The number of aromatic nitrogens is 1. The average molecular weight is 314 g/mol. The summed E-state index contributed by atoms with van der Waals surface area (Å²) in [6.07, 6.45) is 5.31. The van der Waals surface area contributed by atoms with Gasteiger partial charge in [0.1, 0.15) is 4.90 Å². The molecule has 0 radical (unpaired) electrons. The molecule has 3 N–H and O–H groups in total. The number of nitrogens with one attached hydrogen (secondary N) is 2. The topological polar surface area (TPSA) is 99.3 Å². The first-order valence-electron chi connectivity index (χ1n) is 7.03. The van der Waals surface area contributed by atoms with Crippen LogP contribution in [0.15, 0.2) is 28.2 Å². The first kappa shape index (κ1) is 16.2. The monoisotopic (exact) mass is 314 g/mol. The van der Waals surface area contributed by atoms with E-state index < -0.39 is 21.1 Å². The zero-order valence-corrected chi connectivity index (χ0v) is 13.2. The van der Waals surface area contributed by atoms with E-state index in [4.69, 9.17) is 0 Å². The molecule has 0 atom stereocenters. The molecule has 6 nitrogen and oxygen atoms in total. The zero-order valence-electron chi connectivity index (χ0n) is 12.3. The van der Waals surface area contributed by atoms with Gasteiger partial charge >= 0.3 is 0 Å². The summed E-state index contributed by atoms with van der Waals surface area (Å²) in [5.41, 5.74) is -1.43. The van der Waals surface area contributed by atoms with Gasteiger partial charge in [-0.05, 0) is 31.1 Å². The highest BCUT2D eigenvalue weighted by molar-refractivity contribution is 7.89. The van der Waals surface area contributed by atoms with E-state index in [0.717, 1.165) is 25.1 Å². The molecule has 1 aromatic rings. The van der Waals surface area contributed by atoms with Crippen LogP contribution in [0.2, 0.25) is 0 Å². The molecule has 21 heavy (non-hydrogen) atoms. The van der Waals surface area contributed by atoms with Crippen molar-refractivity contribution in [3.05, 3.63) is 28.7 Å². The van der Waals surface area contributed by atoms with Gasteiger partial charge in [0.15, 0.2) is 0 Å². The molecular weight excluding hydrogens is 292 g/mol. The van der Waals surface area contributed by atoms with Crippen LogP contribution >= 0.6 is 0 Å². The summed E-state index contributed by atoms with van der Waals surface area (Å²) in [4.78, 5) is 13.8. The Hall–Kier alpha value is -1.18. The summed E-state index contributed by atoms with van der Waals surface area (Å²) in [6, 6.07) is 1.16. The maximum absolute atomic E-state index is 12.1. The van der Waals surface area contributed by atoms with Gasteiger partial charge in [0, 0.05) is 25.0 Å². The third kappa shape index (κ3) is 3.93. The van der Waals surface area contributed by atoms with Gasteiger partial charge in [-0.1, -0.05) is 13.8 Å². The SMILES string of the molecule is CC1(C)CCC(O)(CNS(=O)(=O)c2c[nH]ccc2=O)CC1. The Balaban J connectivity index is 2.06. The van der Waals surface area contributed by atoms with E-state index in [2.05, 4.69) is 23.6 Å². The van der Waals surface area contributed by atoms with E-state index in [1.54, 1.807) is 0 Å². The smallest absolute Gasteiger partial charge is 0.246 e. The lowest BCUT2D eigenvalue weighted by atomic mass is 9.71. The number of aliphatic hydroxyl groups is 1. The minimum Gasteiger partial charge on any atom is -0.389 e. The quantitative estimate of drug-likeness (QED) is 0.771. The summed E-state index contributed by atoms with van der Waals surface area (Å²) >= 11 is 0. The average Bonchev–Trinajstić information content (AvgIpc) is 2.41. The van der Waals surface area contributed by atoms with Gasteiger partial charge in [-0.15, -0.1) is 0 Å². The summed E-state index contributed by atoms with van der Waals surface area (Å²) < 4.78 is 26.6. The number of H-pyrrole nitrogens is 1. The number of hydrogen-bond acceptors (Lipinski definition) is 4. The molecule has 118 valence electrons. The molecule has 0 saturated heterocycles. The summed E-state index contributed by atoms with van der Waals surface area (Å²) in [7, 11) is -3.91. The maximum Gasteiger partial charge on any atom is 0.246 e. The van der Waals surface area contributed by atoms with Gasteiger partial charge in [-0.2, -0.15) is 0 Å². The minimum atomic E-state index is -3.91. The van der Waals surface area contributed by atoms with Crippen molar-refractivity contribution in [3.8, 4) is 0 Å². The molecule has 1 aliphatic carbocycles. The van der Waals surface area contributed by atoms with Gasteiger partial charge in [0.2, 0.25) is 15.5 Å². The molecule has 7 heteroatoms. The Morgan fingerprint density at radius 2 is 1.90 bits per heavy atom. The summed E-state index contributed by atoms with van der Waals surface area (Å²) in [5.74, 6) is 0. The number of rotatable bonds is 4. The highest BCUT2D eigenvalue weighted by Crippen LogP contribution is 2.39. The summed E-state index contributed by atoms with van der Waals surface area (Å²) in [6.45, 7) is 4.21. The lowest BCUT2D eigenvalue weighted by Crippen LogP contribution is -2.47. The molecule has 0 bridgehead atoms. The van der Waals surface area contributed by atoms with Crippen molar-refractivity contribution in [2.45, 2.75) is 50.0 Å². The fraction of sp³-hybridized carbons (Fsp3) is 0.643. The number of aromatic amines is 1. The Bertz CT molecular complexity index is 654. The van der Waals surface area contributed by atoms with Gasteiger partial charge in [-0.3, -0.25) is 4.79 Å². The van der Waals surface area contributed by atoms with Crippen LogP contribution in [0.25, 0.3) is 0 Å². The number of sulfonamides is 1. The third-order valence-electron chi connectivity index (χ3n) is 4.20. The van der Waals surface area contributed by atoms with E-state index >= 15 is 0 Å². The second-order valence-corrected chi connectivity index (χ2v) is 8.32. The number of pyridine rings is 1. The second kappa shape index (κ2) is 5.55. The summed E-state index contributed by atoms with van der Waals surface area (Å²) in [5, 5.41) is 10.5. The lowest BCUT2D eigenvalue weighted by Gasteiger charge is -2.40. The molecule has 1 aliphatic rings. The van der Waals surface area contributed by atoms with E-state index in [1.807, 2.05) is 0 Å². The molecule has 0 aromatic carbocycles. The van der Waals surface area contributed by atoms with Crippen molar-refractivity contribution in [1.29, 1.82) is 0 Å². The molecular formula is C14H22N2O4S. The van der Waals surface area contributed by atoms with Crippen molar-refractivity contribution in [1.82, 2.24) is 9.71 Å². The largest absolute Gasteiger partial charge is 0.389 e. The van der Waals surface area contributed by atoms with E-state index in [-0.39, 0.29) is 16.9 Å². The number of hydrogen-bond donors (Lipinski definition) is 3. The Morgan fingerprint density at radius 3 is 2.48 bits per heavy atom. The Labute approximate surface area is 124 Å². The second-order valence-electron chi connectivity index (χ2n) is 6.59. The van der Waals surface area contributed by atoms with Crippen LogP contribution in [-0.4, -0.2) is 30.7 Å². The van der Waals surface area contributed by atoms with Gasteiger partial charge in [-0.25, -0.2) is 13.1 Å². The van der Waals surface area contributed by atoms with E-state index in [9.17, 15) is 18.3 Å². The standard InChI is InChI=1S/C14H22N2O4S/c1-13(2)4-6-14(18,7-5-13)10-16-21(19,20)12-9-15-8-3-11(12)17/h3,8-9,16,18H,4-7,10H2,1-2H3,(H,15,17). The van der Waals surface area contributed by atoms with Gasteiger partial charge in [0.25, 0.3) is 0 Å². The molecule has 0 spiro atoms. The fourth-order valence-electron chi connectivity index (χ4n) is 2.49. The van der Waals surface area contributed by atoms with Crippen molar-refractivity contribution >= 4 is 10.0 Å². The van der Waals surface area contributed by atoms with E-state index in [0.29, 0.717) is 12.8 Å². The van der Waals surface area contributed by atoms with Crippen LogP contribution < -0.4 is 10.2 Å². The highest BCUT2D eigenvalue weighted by atomic mass is 32.2. The van der Waals surface area contributed by atoms with Crippen molar-refractivity contribution in [3.63, 3.8) is 0 Å². The van der Waals surface area contributed by atoms with Crippen LogP contribution in [0.3, 0.4) is 0 Å². The molecule has 1 saturated carbocycles. The molecule has 0 aliphatic heterocycles. The first-order valence-corrected chi connectivity index (χ1v) is 8.51. The third-order valence-corrected chi connectivity index (χ3v) is 5.63. The van der Waals surface area contributed by atoms with E-state index in [1.165, 1.54) is 6.20 Å². The normalized spacial score (nSPS) is 21.1. The van der Waals surface area contributed by atoms with Crippen molar-refractivity contribution < 1.29 is 13.5 Å². The van der Waals surface area contributed by atoms with Crippen LogP contribution in [0.1, 0.15) is 39.5 Å². The van der Waals surface area contributed by atoms with Gasteiger partial charge < -0.3 is 10.1 Å².